The van der Waals surface area contributed by atoms with Crippen molar-refractivity contribution in [3.63, 3.8) is 0 Å². The third-order valence-corrected chi connectivity index (χ3v) is 3.62. The van der Waals surface area contributed by atoms with Gasteiger partial charge in [0.25, 0.3) is 0 Å². The van der Waals surface area contributed by atoms with Crippen molar-refractivity contribution in [3.8, 4) is 11.5 Å². The Labute approximate surface area is 145 Å². The maximum absolute atomic E-state index is 12.2. The molecule has 0 fully saturated rings. The summed E-state index contributed by atoms with van der Waals surface area (Å²) in [6.07, 6.45) is 0. The van der Waals surface area contributed by atoms with E-state index < -0.39 is 5.92 Å². The molecule has 0 aliphatic carbocycles. The van der Waals surface area contributed by atoms with Crippen LogP contribution < -0.4 is 9.47 Å². The maximum atomic E-state index is 12.2. The van der Waals surface area contributed by atoms with E-state index in [0.717, 1.165) is 22.3 Å². The van der Waals surface area contributed by atoms with Gasteiger partial charge in [-0.25, -0.2) is 0 Å². The average molecular weight is 328 g/mol. The molecule has 0 bridgehead atoms. The van der Waals surface area contributed by atoms with E-state index in [-0.39, 0.29) is 5.97 Å². The van der Waals surface area contributed by atoms with E-state index in [4.69, 9.17) is 9.47 Å². The number of fused-ring (bicyclic) bond motifs is 1. The predicted octanol–water partition coefficient (Wildman–Crippen LogP) is 5.42. The molecule has 3 heteroatoms. The van der Waals surface area contributed by atoms with Crippen LogP contribution >= 0.6 is 0 Å². The van der Waals surface area contributed by atoms with Crippen molar-refractivity contribution in [1.29, 1.82) is 0 Å². The van der Waals surface area contributed by atoms with Gasteiger partial charge in [0.05, 0.1) is 7.11 Å². The van der Waals surface area contributed by atoms with Crippen molar-refractivity contribution in [3.05, 3.63) is 58.7 Å². The molecular formula is C21H28O3. The Hall–Kier alpha value is -2.29. The summed E-state index contributed by atoms with van der Waals surface area (Å²) in [5, 5.41) is 0. The zero-order chi connectivity index (χ0) is 18.3. The Morgan fingerprint density at radius 3 is 2.00 bits per heavy atom. The second-order valence-corrected chi connectivity index (χ2v) is 5.14. The number of carbonyl (C=O) groups is 1. The molecule has 0 radical (unpaired) electrons. The van der Waals surface area contributed by atoms with Crippen LogP contribution in [-0.2, 0) is 4.79 Å². The van der Waals surface area contributed by atoms with Gasteiger partial charge in [0.1, 0.15) is 17.4 Å². The van der Waals surface area contributed by atoms with Gasteiger partial charge in [-0.3, -0.25) is 4.79 Å². The normalized spacial score (nSPS) is 14.5. The Kier molecular flexibility index (Phi) is 7.50. The SMILES string of the molecule is CC.CC.COc1ccc(C)cc1C1C(=O)Oc2ccc(C)cc21. The summed E-state index contributed by atoms with van der Waals surface area (Å²) in [5.41, 5.74) is 3.98. The van der Waals surface area contributed by atoms with E-state index in [2.05, 4.69) is 0 Å². The van der Waals surface area contributed by atoms with Gasteiger partial charge in [-0.15, -0.1) is 0 Å². The number of rotatable bonds is 2. The largest absolute Gasteiger partial charge is 0.496 e. The third-order valence-electron chi connectivity index (χ3n) is 3.62. The molecule has 3 nitrogen and oxygen atoms in total. The highest BCUT2D eigenvalue weighted by Gasteiger charge is 2.36. The standard InChI is InChI=1S/C17H16O3.2C2H6/c1-10-4-6-14(19-3)12(8-10)16-13-9-11(2)5-7-15(13)20-17(16)18;2*1-2/h4-9,16H,1-3H3;2*1-2H3. The lowest BCUT2D eigenvalue weighted by molar-refractivity contribution is -0.133. The fraction of sp³-hybridized carbons (Fsp3) is 0.381. The van der Waals surface area contributed by atoms with Crippen molar-refractivity contribution in [1.82, 2.24) is 0 Å². The van der Waals surface area contributed by atoms with Gasteiger partial charge in [0, 0.05) is 11.1 Å². The molecule has 0 saturated carbocycles. The fourth-order valence-corrected chi connectivity index (χ4v) is 2.65. The van der Waals surface area contributed by atoms with Crippen molar-refractivity contribution in [2.45, 2.75) is 47.5 Å². The van der Waals surface area contributed by atoms with Gasteiger partial charge in [0.15, 0.2) is 0 Å². The lowest BCUT2D eigenvalue weighted by Gasteiger charge is -2.14. The lowest BCUT2D eigenvalue weighted by Crippen LogP contribution is -2.12. The molecule has 3 rings (SSSR count). The van der Waals surface area contributed by atoms with E-state index in [0.29, 0.717) is 11.5 Å². The molecule has 1 heterocycles. The first-order valence-corrected chi connectivity index (χ1v) is 8.57. The lowest BCUT2D eigenvalue weighted by atomic mass is 9.90. The number of methoxy groups -OCH3 is 1. The molecule has 130 valence electrons. The summed E-state index contributed by atoms with van der Waals surface area (Å²) >= 11 is 0. The first-order valence-electron chi connectivity index (χ1n) is 8.57. The van der Waals surface area contributed by atoms with Gasteiger partial charge in [-0.05, 0) is 26.0 Å². The van der Waals surface area contributed by atoms with E-state index >= 15 is 0 Å². The van der Waals surface area contributed by atoms with Crippen LogP contribution in [0.15, 0.2) is 36.4 Å². The molecule has 2 aromatic carbocycles. The summed E-state index contributed by atoms with van der Waals surface area (Å²) in [6, 6.07) is 11.7. The fourth-order valence-electron chi connectivity index (χ4n) is 2.65. The minimum atomic E-state index is -0.403. The van der Waals surface area contributed by atoms with Crippen molar-refractivity contribution in [2.75, 3.05) is 7.11 Å². The van der Waals surface area contributed by atoms with Crippen LogP contribution in [0.5, 0.6) is 11.5 Å². The molecule has 0 N–H and O–H groups in total. The second-order valence-electron chi connectivity index (χ2n) is 5.14. The summed E-state index contributed by atoms with van der Waals surface area (Å²) in [5.74, 6) is 0.718. The summed E-state index contributed by atoms with van der Waals surface area (Å²) in [6.45, 7) is 12.0. The number of carbonyl (C=O) groups excluding carboxylic acids is 1. The quantitative estimate of drug-likeness (QED) is 0.546. The number of esters is 1. The van der Waals surface area contributed by atoms with Crippen molar-refractivity contribution >= 4 is 5.97 Å². The van der Waals surface area contributed by atoms with Gasteiger partial charge >= 0.3 is 5.97 Å². The van der Waals surface area contributed by atoms with E-state index in [1.165, 1.54) is 0 Å². The van der Waals surface area contributed by atoms with Gasteiger partial charge in [-0.2, -0.15) is 0 Å². The Morgan fingerprint density at radius 1 is 0.875 bits per heavy atom. The first kappa shape index (κ1) is 19.8. The van der Waals surface area contributed by atoms with Gasteiger partial charge in [-0.1, -0.05) is 63.1 Å². The van der Waals surface area contributed by atoms with E-state index in [1.54, 1.807) is 7.11 Å². The van der Waals surface area contributed by atoms with Crippen LogP contribution in [0.3, 0.4) is 0 Å². The maximum Gasteiger partial charge on any atom is 0.323 e. The highest BCUT2D eigenvalue weighted by Crippen LogP contribution is 2.42. The number of ether oxygens (including phenoxy) is 2. The highest BCUT2D eigenvalue weighted by atomic mass is 16.5. The Bertz CT molecular complexity index is 689. The minimum absolute atomic E-state index is 0.241. The zero-order valence-electron chi connectivity index (χ0n) is 15.8. The van der Waals surface area contributed by atoms with Crippen LogP contribution in [0.2, 0.25) is 0 Å². The number of aryl methyl sites for hydroxylation is 2. The van der Waals surface area contributed by atoms with Crippen LogP contribution in [0.25, 0.3) is 0 Å². The monoisotopic (exact) mass is 328 g/mol. The number of hydrogen-bond acceptors (Lipinski definition) is 3. The van der Waals surface area contributed by atoms with Gasteiger partial charge < -0.3 is 9.47 Å². The first-order chi connectivity index (χ1) is 11.6. The van der Waals surface area contributed by atoms with Crippen LogP contribution in [0.4, 0.5) is 0 Å². The van der Waals surface area contributed by atoms with Crippen molar-refractivity contribution < 1.29 is 14.3 Å². The molecule has 2 aromatic rings. The molecule has 1 unspecified atom stereocenters. The Balaban J connectivity index is 0.000000671. The molecule has 24 heavy (non-hydrogen) atoms. The predicted molar refractivity (Wildman–Crippen MR) is 99.1 cm³/mol. The topological polar surface area (TPSA) is 35.5 Å². The van der Waals surface area contributed by atoms with E-state index in [9.17, 15) is 4.79 Å². The molecule has 0 spiro atoms. The van der Waals surface area contributed by atoms with Crippen LogP contribution in [0.1, 0.15) is 55.9 Å². The third kappa shape index (κ3) is 3.97. The van der Waals surface area contributed by atoms with Crippen LogP contribution in [0, 0.1) is 13.8 Å². The average Bonchev–Trinajstić information content (AvgIpc) is 2.93. The molecule has 1 aliphatic rings. The molecular weight excluding hydrogens is 300 g/mol. The van der Waals surface area contributed by atoms with Crippen LogP contribution in [-0.4, -0.2) is 13.1 Å². The van der Waals surface area contributed by atoms with E-state index in [1.807, 2.05) is 77.9 Å². The molecule has 0 saturated heterocycles. The molecule has 1 atom stereocenters. The number of hydrogen-bond donors (Lipinski definition) is 0. The molecule has 0 amide bonds. The van der Waals surface area contributed by atoms with Crippen molar-refractivity contribution in [2.24, 2.45) is 0 Å². The minimum Gasteiger partial charge on any atom is -0.496 e. The highest BCUT2D eigenvalue weighted by molar-refractivity contribution is 5.90. The van der Waals surface area contributed by atoms with Gasteiger partial charge in [0.2, 0.25) is 0 Å². The second kappa shape index (κ2) is 9.11. The molecule has 1 aliphatic heterocycles. The smallest absolute Gasteiger partial charge is 0.323 e. The number of benzene rings is 2. The summed E-state index contributed by atoms with van der Waals surface area (Å²) < 4.78 is 10.8. The summed E-state index contributed by atoms with van der Waals surface area (Å²) in [4.78, 5) is 12.2. The molecule has 0 aromatic heterocycles. The Morgan fingerprint density at radius 2 is 1.42 bits per heavy atom. The zero-order valence-corrected chi connectivity index (χ0v) is 15.8. The summed E-state index contributed by atoms with van der Waals surface area (Å²) in [7, 11) is 1.62.